The summed E-state index contributed by atoms with van der Waals surface area (Å²) in [6.45, 7) is 4.91. The molecule has 0 heterocycles. The maximum absolute atomic E-state index is 5.96. The van der Waals surface area contributed by atoms with E-state index < -0.39 is 0 Å². The minimum Gasteiger partial charge on any atom is -0.314 e. The number of hydrogen-bond acceptors (Lipinski definition) is 3. The van der Waals surface area contributed by atoms with Crippen LogP contribution in [0.15, 0.2) is 41.4 Å². The molecule has 0 bridgehead atoms. The zero-order valence-electron chi connectivity index (χ0n) is 14.3. The lowest BCUT2D eigenvalue weighted by Gasteiger charge is -2.18. The predicted molar refractivity (Wildman–Crippen MR) is 98.2 cm³/mol. The van der Waals surface area contributed by atoms with Gasteiger partial charge in [0.05, 0.1) is 12.2 Å². The van der Waals surface area contributed by atoms with E-state index in [1.807, 2.05) is 19.2 Å². The lowest BCUT2D eigenvalue weighted by Crippen LogP contribution is -2.26. The Hall–Kier alpha value is -2.13. The maximum Gasteiger partial charge on any atom is 0.0666 e. The number of aliphatic imine (C=N–C) groups is 1. The molecular weight excluding hydrogens is 282 g/mol. The van der Waals surface area contributed by atoms with Crippen LogP contribution < -0.4 is 10.9 Å². The van der Waals surface area contributed by atoms with E-state index in [0.717, 1.165) is 11.4 Å². The number of benzene rings is 2. The highest BCUT2D eigenvalue weighted by Crippen LogP contribution is 2.27. The van der Waals surface area contributed by atoms with Gasteiger partial charge in [-0.15, -0.1) is 0 Å². The normalized spacial score (nSPS) is 14.0. The number of anilines is 1. The lowest BCUT2D eigenvalue weighted by molar-refractivity contribution is 0.911. The molecule has 23 heavy (non-hydrogen) atoms. The van der Waals surface area contributed by atoms with E-state index >= 15 is 0 Å². The van der Waals surface area contributed by atoms with Crippen LogP contribution in [0.4, 0.5) is 5.69 Å². The van der Waals surface area contributed by atoms with E-state index in [1.165, 1.54) is 47.1 Å². The van der Waals surface area contributed by atoms with Gasteiger partial charge in [-0.3, -0.25) is 4.99 Å². The summed E-state index contributed by atoms with van der Waals surface area (Å²) in [5, 5.41) is 1.67. The van der Waals surface area contributed by atoms with Crippen LogP contribution in [-0.4, -0.2) is 12.8 Å². The van der Waals surface area contributed by atoms with Crippen molar-refractivity contribution in [3.05, 3.63) is 64.2 Å². The highest BCUT2D eigenvalue weighted by Gasteiger charge is 2.15. The number of fused-ring (bicyclic) bond motifs is 1. The van der Waals surface area contributed by atoms with Crippen LogP contribution in [-0.2, 0) is 19.4 Å². The van der Waals surface area contributed by atoms with Crippen LogP contribution in [0.25, 0.3) is 0 Å². The summed E-state index contributed by atoms with van der Waals surface area (Å²) < 4.78 is 0. The quantitative estimate of drug-likeness (QED) is 0.530. The van der Waals surface area contributed by atoms with Crippen molar-refractivity contribution in [2.45, 2.75) is 39.7 Å². The number of hydrazine groups is 1. The molecule has 2 aromatic carbocycles. The van der Waals surface area contributed by atoms with E-state index in [1.54, 1.807) is 5.01 Å². The zero-order valence-corrected chi connectivity index (χ0v) is 14.3. The molecule has 0 aromatic heterocycles. The fraction of sp³-hybridized carbons (Fsp3) is 0.350. The van der Waals surface area contributed by atoms with E-state index in [0.29, 0.717) is 6.54 Å². The van der Waals surface area contributed by atoms with Gasteiger partial charge in [-0.2, -0.15) is 0 Å². The second-order valence-corrected chi connectivity index (χ2v) is 6.38. The monoisotopic (exact) mass is 307 g/mol. The van der Waals surface area contributed by atoms with E-state index in [9.17, 15) is 0 Å². The Labute approximate surface area is 138 Å². The first-order valence-corrected chi connectivity index (χ1v) is 8.27. The Balaban J connectivity index is 1.91. The van der Waals surface area contributed by atoms with Crippen molar-refractivity contribution < 1.29 is 0 Å². The predicted octanol–water partition coefficient (Wildman–Crippen LogP) is 3.80. The molecule has 0 unspecified atom stereocenters. The average molecular weight is 307 g/mol. The largest absolute Gasteiger partial charge is 0.314 e. The SMILES string of the molecule is C/C(=N/Cc1c(C)cccc1N(C)N)c1cccc2c1CCC2. The first kappa shape index (κ1) is 15.8. The van der Waals surface area contributed by atoms with Crippen molar-refractivity contribution in [2.24, 2.45) is 10.8 Å². The van der Waals surface area contributed by atoms with Crippen LogP contribution in [0.5, 0.6) is 0 Å². The van der Waals surface area contributed by atoms with Crippen LogP contribution in [0.1, 0.15) is 41.2 Å². The number of hydrogen-bond donors (Lipinski definition) is 1. The van der Waals surface area contributed by atoms with Crippen molar-refractivity contribution >= 4 is 11.4 Å². The highest BCUT2D eigenvalue weighted by atomic mass is 15.4. The first-order chi connectivity index (χ1) is 11.1. The maximum atomic E-state index is 5.96. The van der Waals surface area contributed by atoms with Gasteiger partial charge in [-0.25, -0.2) is 5.84 Å². The summed E-state index contributed by atoms with van der Waals surface area (Å²) >= 11 is 0. The topological polar surface area (TPSA) is 41.6 Å². The van der Waals surface area contributed by atoms with Gasteiger partial charge in [-0.1, -0.05) is 30.3 Å². The molecule has 2 aromatic rings. The molecule has 2 N–H and O–H groups in total. The fourth-order valence-corrected chi connectivity index (χ4v) is 3.46. The third-order valence-corrected chi connectivity index (χ3v) is 4.78. The molecule has 3 heteroatoms. The second-order valence-electron chi connectivity index (χ2n) is 6.38. The number of nitrogens with zero attached hydrogens (tertiary/aromatic N) is 2. The Morgan fingerprint density at radius 2 is 1.96 bits per heavy atom. The summed E-state index contributed by atoms with van der Waals surface area (Å²) in [5.74, 6) is 5.96. The van der Waals surface area contributed by atoms with E-state index in [2.05, 4.69) is 38.1 Å². The van der Waals surface area contributed by atoms with Gasteiger partial charge in [0.1, 0.15) is 0 Å². The summed E-state index contributed by atoms with van der Waals surface area (Å²) in [6.07, 6.45) is 3.65. The second kappa shape index (κ2) is 6.55. The number of aryl methyl sites for hydroxylation is 2. The number of rotatable bonds is 4. The zero-order chi connectivity index (χ0) is 16.4. The molecule has 3 nitrogen and oxygen atoms in total. The summed E-state index contributed by atoms with van der Waals surface area (Å²) in [7, 11) is 1.87. The first-order valence-electron chi connectivity index (χ1n) is 8.27. The van der Waals surface area contributed by atoms with Crippen molar-refractivity contribution in [3.8, 4) is 0 Å². The molecule has 0 spiro atoms. The third-order valence-electron chi connectivity index (χ3n) is 4.78. The number of nitrogens with two attached hydrogens (primary N) is 1. The average Bonchev–Trinajstić information content (AvgIpc) is 3.01. The Bertz CT molecular complexity index is 745. The molecular formula is C20H25N3. The molecule has 0 radical (unpaired) electrons. The Morgan fingerprint density at radius 1 is 1.17 bits per heavy atom. The van der Waals surface area contributed by atoms with Crippen LogP contribution in [0.2, 0.25) is 0 Å². The molecule has 1 aliphatic rings. The Morgan fingerprint density at radius 3 is 2.74 bits per heavy atom. The van der Waals surface area contributed by atoms with Gasteiger partial charge in [0.2, 0.25) is 0 Å². The van der Waals surface area contributed by atoms with E-state index in [4.69, 9.17) is 10.8 Å². The molecule has 0 saturated heterocycles. The van der Waals surface area contributed by atoms with Gasteiger partial charge in [0.25, 0.3) is 0 Å². The van der Waals surface area contributed by atoms with Gasteiger partial charge < -0.3 is 5.01 Å². The van der Waals surface area contributed by atoms with Crippen LogP contribution in [0, 0.1) is 6.92 Å². The fourth-order valence-electron chi connectivity index (χ4n) is 3.46. The van der Waals surface area contributed by atoms with Gasteiger partial charge in [0.15, 0.2) is 0 Å². The van der Waals surface area contributed by atoms with Gasteiger partial charge in [-0.05, 0) is 61.4 Å². The third kappa shape index (κ3) is 3.15. The summed E-state index contributed by atoms with van der Waals surface area (Å²) in [5.41, 5.74) is 8.90. The molecule has 0 atom stereocenters. The molecule has 0 fully saturated rings. The van der Waals surface area contributed by atoms with Crippen molar-refractivity contribution in [1.82, 2.24) is 0 Å². The minimum atomic E-state index is 0.666. The van der Waals surface area contributed by atoms with Crippen molar-refractivity contribution in [1.29, 1.82) is 0 Å². The smallest absolute Gasteiger partial charge is 0.0666 e. The lowest BCUT2D eigenvalue weighted by atomic mass is 10.00. The van der Waals surface area contributed by atoms with Gasteiger partial charge >= 0.3 is 0 Å². The van der Waals surface area contributed by atoms with Crippen molar-refractivity contribution in [2.75, 3.05) is 12.1 Å². The molecule has 0 saturated carbocycles. The van der Waals surface area contributed by atoms with Crippen LogP contribution in [0.3, 0.4) is 0 Å². The Kier molecular flexibility index (Phi) is 4.49. The minimum absolute atomic E-state index is 0.666. The standard InChI is InChI=1S/C20H25N3/c1-14-7-4-12-20(23(3)21)19(14)13-22-15(2)17-10-5-8-16-9-6-11-18(16)17/h4-5,7-8,10,12H,6,9,11,13,21H2,1-3H3/b22-15-. The highest BCUT2D eigenvalue weighted by molar-refractivity contribution is 6.00. The van der Waals surface area contributed by atoms with Gasteiger partial charge in [0, 0.05) is 18.3 Å². The molecule has 3 rings (SSSR count). The van der Waals surface area contributed by atoms with E-state index in [-0.39, 0.29) is 0 Å². The molecule has 0 aliphatic heterocycles. The summed E-state index contributed by atoms with van der Waals surface area (Å²) in [6, 6.07) is 12.8. The molecule has 1 aliphatic carbocycles. The summed E-state index contributed by atoms with van der Waals surface area (Å²) in [4.78, 5) is 4.88. The van der Waals surface area contributed by atoms with Crippen molar-refractivity contribution in [3.63, 3.8) is 0 Å². The molecule has 120 valence electrons. The van der Waals surface area contributed by atoms with Crippen LogP contribution >= 0.6 is 0 Å². The molecule has 0 amide bonds.